The molecule has 62 heavy (non-hydrogen) atoms. The number of para-hydroxylation sites is 1. The van der Waals surface area contributed by atoms with E-state index in [2.05, 4.69) is 201 Å². The Kier molecular flexibility index (Phi) is 6.07. The Labute approximate surface area is 364 Å². The number of nitrogens with zero attached hydrogens (tertiary/aromatic N) is 2. The molecule has 11 aromatic rings. The normalized spacial score (nSPS) is 15.6. The van der Waals surface area contributed by atoms with Crippen molar-refractivity contribution in [3.63, 3.8) is 0 Å². The summed E-state index contributed by atoms with van der Waals surface area (Å²) in [5, 5.41) is 7.99. The van der Waals surface area contributed by atoms with Crippen LogP contribution in [0, 0.1) is 0 Å². The highest BCUT2D eigenvalue weighted by atomic mass is 32.1. The Morgan fingerprint density at radius 1 is 0.468 bits per heavy atom. The zero-order valence-corrected chi connectivity index (χ0v) is 35.8. The van der Waals surface area contributed by atoms with Gasteiger partial charge in [0.2, 0.25) is 0 Å². The number of hydrogen-bond donors (Lipinski definition) is 0. The predicted octanol–water partition coefficient (Wildman–Crippen LogP) is 14.3. The summed E-state index contributed by atoms with van der Waals surface area (Å²) in [6.07, 6.45) is 0. The van der Waals surface area contributed by atoms with Gasteiger partial charge >= 0.3 is 6.85 Å². The largest absolute Gasteiger partial charge is 0.375 e. The molecule has 0 spiro atoms. The minimum Gasteiger partial charge on any atom is -0.375 e. The molecule has 2 aromatic heterocycles. The molecule has 0 fully saturated rings. The van der Waals surface area contributed by atoms with Gasteiger partial charge in [0, 0.05) is 75.4 Å². The van der Waals surface area contributed by atoms with Crippen LogP contribution >= 0.6 is 11.3 Å². The van der Waals surface area contributed by atoms with Gasteiger partial charge in [-0.15, -0.1) is 11.3 Å². The lowest BCUT2D eigenvalue weighted by molar-refractivity contribution is 0.660. The Hall–Kier alpha value is -6.88. The van der Waals surface area contributed by atoms with Crippen LogP contribution in [0.5, 0.6) is 0 Å². The topological polar surface area (TPSA) is 8.17 Å². The first-order valence-electron chi connectivity index (χ1n) is 22.0. The zero-order valence-electron chi connectivity index (χ0n) is 35.0. The SMILES string of the molecule is CC1(C)c2ccccc2-c2cc(N3c4cc5c(cc4B4c6c3cc3sc7ccccc7c3c6-c3cccc6c7c8ccccc8ccc7n4c36)C(C)(C)c3ccccc3-5)ccc21. The van der Waals surface area contributed by atoms with E-state index in [9.17, 15) is 0 Å². The zero-order chi connectivity index (χ0) is 41.0. The van der Waals surface area contributed by atoms with Crippen molar-refractivity contribution in [1.82, 2.24) is 4.48 Å². The molecule has 2 aliphatic heterocycles. The molecule has 2 aliphatic carbocycles. The highest BCUT2D eigenvalue weighted by molar-refractivity contribution is 7.26. The van der Waals surface area contributed by atoms with E-state index in [-0.39, 0.29) is 17.7 Å². The second kappa shape index (κ2) is 11.1. The maximum atomic E-state index is 2.75. The highest BCUT2D eigenvalue weighted by Gasteiger charge is 2.47. The van der Waals surface area contributed by atoms with E-state index in [4.69, 9.17) is 0 Å². The van der Waals surface area contributed by atoms with Crippen molar-refractivity contribution in [3.8, 4) is 33.4 Å². The van der Waals surface area contributed by atoms with Gasteiger partial charge < -0.3 is 9.38 Å². The monoisotopic (exact) mass is 806 g/mol. The van der Waals surface area contributed by atoms with Crippen molar-refractivity contribution in [1.29, 1.82) is 0 Å². The summed E-state index contributed by atoms with van der Waals surface area (Å²) >= 11 is 1.93. The van der Waals surface area contributed by atoms with Crippen molar-refractivity contribution in [2.45, 2.75) is 38.5 Å². The number of aromatic nitrogens is 1. The molecule has 4 heterocycles. The van der Waals surface area contributed by atoms with Gasteiger partial charge in [0.15, 0.2) is 0 Å². The summed E-state index contributed by atoms with van der Waals surface area (Å²) < 4.78 is 5.41. The van der Waals surface area contributed by atoms with Crippen LogP contribution in [0.3, 0.4) is 0 Å². The maximum absolute atomic E-state index is 2.75. The predicted molar refractivity (Wildman–Crippen MR) is 266 cm³/mol. The minimum absolute atomic E-state index is 0.0516. The van der Waals surface area contributed by atoms with Crippen LogP contribution in [0.25, 0.3) is 86.1 Å². The molecule has 15 rings (SSSR count). The Bertz CT molecular complexity index is 3900. The third-order valence-corrected chi connectivity index (χ3v) is 16.6. The fourth-order valence-electron chi connectivity index (χ4n) is 12.8. The van der Waals surface area contributed by atoms with Crippen LogP contribution in [0.1, 0.15) is 49.9 Å². The lowest BCUT2D eigenvalue weighted by atomic mass is 9.44. The van der Waals surface area contributed by atoms with Crippen molar-refractivity contribution in [3.05, 3.63) is 186 Å². The van der Waals surface area contributed by atoms with Gasteiger partial charge in [-0.1, -0.05) is 155 Å². The van der Waals surface area contributed by atoms with Gasteiger partial charge in [-0.2, -0.15) is 0 Å². The molecule has 4 heteroatoms. The average molecular weight is 807 g/mol. The molecule has 0 bridgehead atoms. The van der Waals surface area contributed by atoms with Crippen LogP contribution < -0.4 is 15.8 Å². The summed E-state index contributed by atoms with van der Waals surface area (Å²) in [5.41, 5.74) is 22.6. The second-order valence-corrected chi connectivity index (χ2v) is 20.3. The summed E-state index contributed by atoms with van der Waals surface area (Å²) in [4.78, 5) is 2.66. The summed E-state index contributed by atoms with van der Waals surface area (Å²) in [7, 11) is 0. The molecule has 2 nitrogen and oxygen atoms in total. The molecule has 290 valence electrons. The first-order chi connectivity index (χ1) is 30.3. The van der Waals surface area contributed by atoms with Crippen molar-refractivity contribution in [2.75, 3.05) is 4.90 Å². The maximum Gasteiger partial charge on any atom is 0.333 e. The number of thiophene rings is 1. The summed E-state index contributed by atoms with van der Waals surface area (Å²) in [5.74, 6) is 0. The van der Waals surface area contributed by atoms with Crippen molar-refractivity contribution < 1.29 is 0 Å². The number of fused-ring (bicyclic) bond motifs is 19. The van der Waals surface area contributed by atoms with Crippen LogP contribution in [-0.2, 0) is 10.8 Å². The van der Waals surface area contributed by atoms with Crippen LogP contribution in [0.4, 0.5) is 17.1 Å². The average Bonchev–Trinajstić information content (AvgIpc) is 3.98. The molecule has 0 N–H and O–H groups in total. The van der Waals surface area contributed by atoms with E-state index < -0.39 is 0 Å². The van der Waals surface area contributed by atoms with Crippen LogP contribution in [0.15, 0.2) is 164 Å². The molecule has 0 saturated heterocycles. The molecule has 0 saturated carbocycles. The standard InChI is InChI=1S/C58H39BN2S/c1-57(2)42-21-10-7-16-35(42)40-28-33(25-26-44(40)57)60-48-29-41-36-17-8-11-22-43(36)58(3,4)45(41)30-46(48)59-55-49(60)31-51-53(37-18-9-12-23-50(37)62-51)54(55)39-20-13-19-38-52-34-15-6-5-14-32(34)24-27-47(52)61(59)56(38)39/h5-31H,1-4H3. The van der Waals surface area contributed by atoms with E-state index in [1.54, 1.807) is 0 Å². The number of anilines is 3. The second-order valence-electron chi connectivity index (χ2n) is 19.2. The molecule has 4 aliphatic rings. The van der Waals surface area contributed by atoms with E-state index in [1.807, 2.05) is 11.3 Å². The van der Waals surface area contributed by atoms with E-state index in [1.165, 1.54) is 136 Å². The van der Waals surface area contributed by atoms with Crippen molar-refractivity contribution in [2.24, 2.45) is 0 Å². The molecule has 0 unspecified atom stereocenters. The summed E-state index contributed by atoms with van der Waals surface area (Å²) in [6.45, 7) is 9.57. The van der Waals surface area contributed by atoms with Gasteiger partial charge in [-0.25, -0.2) is 0 Å². The third-order valence-electron chi connectivity index (χ3n) is 15.5. The Morgan fingerprint density at radius 3 is 1.95 bits per heavy atom. The highest BCUT2D eigenvalue weighted by Crippen LogP contribution is 2.56. The molecule has 9 aromatic carbocycles. The van der Waals surface area contributed by atoms with Gasteiger partial charge in [0.1, 0.15) is 0 Å². The molecule has 0 amide bonds. The molecule has 0 atom stereocenters. The smallest absolute Gasteiger partial charge is 0.333 e. The van der Waals surface area contributed by atoms with Crippen LogP contribution in [0.2, 0.25) is 0 Å². The van der Waals surface area contributed by atoms with Crippen molar-refractivity contribution >= 4 is 98.9 Å². The fourth-order valence-corrected chi connectivity index (χ4v) is 14.0. The molecular weight excluding hydrogens is 768 g/mol. The fraction of sp³-hybridized carbons (Fsp3) is 0.103. The lowest BCUT2D eigenvalue weighted by Crippen LogP contribution is -2.57. The first-order valence-corrected chi connectivity index (χ1v) is 22.9. The van der Waals surface area contributed by atoms with E-state index in [0.29, 0.717) is 0 Å². The van der Waals surface area contributed by atoms with Gasteiger partial charge in [-0.3, -0.25) is 0 Å². The molecule has 0 radical (unpaired) electrons. The number of rotatable bonds is 1. The Balaban J connectivity index is 1.14. The third kappa shape index (κ3) is 3.87. The van der Waals surface area contributed by atoms with Gasteiger partial charge in [0.25, 0.3) is 0 Å². The molecular formula is C58H39BN2S. The van der Waals surface area contributed by atoms with Gasteiger partial charge in [-0.05, 0) is 108 Å². The van der Waals surface area contributed by atoms with Crippen LogP contribution in [-0.4, -0.2) is 11.3 Å². The summed E-state index contributed by atoms with van der Waals surface area (Å²) in [6, 6.07) is 63.2. The number of hydrogen-bond acceptors (Lipinski definition) is 2. The van der Waals surface area contributed by atoms with E-state index >= 15 is 0 Å². The first kappa shape index (κ1) is 33.8. The minimum atomic E-state index is -0.151. The number of benzene rings is 9. The lowest BCUT2D eigenvalue weighted by Gasteiger charge is -2.41. The quantitative estimate of drug-likeness (QED) is 0.150. The Morgan fingerprint density at radius 2 is 1.13 bits per heavy atom. The van der Waals surface area contributed by atoms with E-state index in [0.717, 1.165) is 0 Å². The van der Waals surface area contributed by atoms with Gasteiger partial charge in [0.05, 0.1) is 0 Å².